The van der Waals surface area contributed by atoms with Gasteiger partial charge in [0.2, 0.25) is 12.7 Å². The molecule has 126 valence electrons. The third-order valence-corrected chi connectivity index (χ3v) is 3.56. The van der Waals surface area contributed by atoms with Gasteiger partial charge in [-0.3, -0.25) is 4.79 Å². The van der Waals surface area contributed by atoms with Gasteiger partial charge in [0.15, 0.2) is 11.9 Å². The number of amides is 1. The zero-order chi connectivity index (χ0) is 17.5. The molecule has 1 heterocycles. The third kappa shape index (κ3) is 5.07. The van der Waals surface area contributed by atoms with Crippen molar-refractivity contribution in [1.82, 2.24) is 0 Å². The second-order valence-corrected chi connectivity index (χ2v) is 5.58. The average molecular weight is 335 g/mol. The molecule has 0 atom stereocenters. The largest absolute Gasteiger partial charge is 0.503 e. The standard InChI is InChI=1S/C20H18N2O3/c23-18-7-4-12-22(13-18)14-20(24)21-17-8-10-19(11-9-17)25-15-16-5-2-1-3-6-16/h1-13H,14-15H2,(H-,21,23,24)/p+1. The number of aromatic nitrogens is 1. The van der Waals surface area contributed by atoms with Crippen molar-refractivity contribution in [3.8, 4) is 11.5 Å². The molecule has 0 spiro atoms. The summed E-state index contributed by atoms with van der Waals surface area (Å²) in [4.78, 5) is 12.0. The van der Waals surface area contributed by atoms with Gasteiger partial charge in [-0.2, -0.15) is 4.57 Å². The number of rotatable bonds is 6. The Morgan fingerprint density at radius 1 is 1.00 bits per heavy atom. The number of hydrogen-bond donors (Lipinski definition) is 2. The number of nitrogens with zero attached hydrogens (tertiary/aromatic N) is 1. The minimum atomic E-state index is -0.173. The molecule has 0 aliphatic heterocycles. The first-order valence-electron chi connectivity index (χ1n) is 7.94. The quantitative estimate of drug-likeness (QED) is 0.681. The van der Waals surface area contributed by atoms with E-state index in [2.05, 4.69) is 5.32 Å². The number of carbonyl (C=O) groups is 1. The van der Waals surface area contributed by atoms with Gasteiger partial charge in [-0.1, -0.05) is 30.3 Å². The van der Waals surface area contributed by atoms with Gasteiger partial charge in [-0.25, -0.2) is 0 Å². The number of carbonyl (C=O) groups excluding carboxylic acids is 1. The molecule has 0 fully saturated rings. The van der Waals surface area contributed by atoms with Crippen LogP contribution in [-0.2, 0) is 17.9 Å². The van der Waals surface area contributed by atoms with Crippen molar-refractivity contribution >= 4 is 11.6 Å². The summed E-state index contributed by atoms with van der Waals surface area (Å²) in [6.45, 7) is 0.626. The molecule has 2 N–H and O–H groups in total. The summed E-state index contributed by atoms with van der Waals surface area (Å²) in [6.07, 6.45) is 3.22. The molecule has 5 heteroatoms. The van der Waals surface area contributed by atoms with E-state index in [1.54, 1.807) is 35.0 Å². The van der Waals surface area contributed by atoms with Crippen LogP contribution in [-0.4, -0.2) is 11.0 Å². The molecule has 5 nitrogen and oxygen atoms in total. The fourth-order valence-electron chi connectivity index (χ4n) is 2.35. The van der Waals surface area contributed by atoms with Crippen LogP contribution in [0.2, 0.25) is 0 Å². The fourth-order valence-corrected chi connectivity index (χ4v) is 2.35. The van der Waals surface area contributed by atoms with E-state index in [0.29, 0.717) is 12.3 Å². The van der Waals surface area contributed by atoms with E-state index in [-0.39, 0.29) is 18.2 Å². The molecule has 1 aromatic heterocycles. The van der Waals surface area contributed by atoms with Crippen LogP contribution in [0, 0.1) is 0 Å². The smallest absolute Gasteiger partial charge is 0.290 e. The lowest BCUT2D eigenvalue weighted by molar-refractivity contribution is -0.684. The predicted octanol–water partition coefficient (Wildman–Crippen LogP) is 2.90. The summed E-state index contributed by atoms with van der Waals surface area (Å²) >= 11 is 0. The predicted molar refractivity (Wildman–Crippen MR) is 94.1 cm³/mol. The summed E-state index contributed by atoms with van der Waals surface area (Å²) in [5, 5.41) is 12.2. The Kier molecular flexibility index (Phi) is 5.26. The van der Waals surface area contributed by atoms with Crippen LogP contribution in [0.4, 0.5) is 5.69 Å². The monoisotopic (exact) mass is 335 g/mol. The Balaban J connectivity index is 1.52. The topological polar surface area (TPSA) is 62.4 Å². The number of benzene rings is 2. The van der Waals surface area contributed by atoms with Crippen LogP contribution < -0.4 is 14.6 Å². The Hall–Kier alpha value is -3.34. The van der Waals surface area contributed by atoms with Crippen molar-refractivity contribution in [2.45, 2.75) is 13.2 Å². The number of pyridine rings is 1. The lowest BCUT2D eigenvalue weighted by Crippen LogP contribution is -2.39. The van der Waals surface area contributed by atoms with Crippen LogP contribution in [0.25, 0.3) is 0 Å². The highest BCUT2D eigenvalue weighted by molar-refractivity contribution is 5.89. The van der Waals surface area contributed by atoms with Crippen LogP contribution in [0.3, 0.4) is 0 Å². The molecule has 0 aliphatic carbocycles. The van der Waals surface area contributed by atoms with Gasteiger partial charge >= 0.3 is 0 Å². The maximum absolute atomic E-state index is 12.0. The summed E-state index contributed by atoms with van der Waals surface area (Å²) in [5.41, 5.74) is 1.79. The number of aromatic hydroxyl groups is 1. The van der Waals surface area contributed by atoms with Gasteiger partial charge < -0.3 is 15.2 Å². The van der Waals surface area contributed by atoms with Crippen molar-refractivity contribution in [2.24, 2.45) is 0 Å². The highest BCUT2D eigenvalue weighted by atomic mass is 16.5. The molecule has 25 heavy (non-hydrogen) atoms. The van der Waals surface area contributed by atoms with Crippen molar-refractivity contribution < 1.29 is 19.2 Å². The van der Waals surface area contributed by atoms with E-state index in [4.69, 9.17) is 4.74 Å². The third-order valence-electron chi connectivity index (χ3n) is 3.56. The van der Waals surface area contributed by atoms with Gasteiger partial charge in [-0.05, 0) is 35.9 Å². The van der Waals surface area contributed by atoms with Gasteiger partial charge in [0, 0.05) is 11.8 Å². The highest BCUT2D eigenvalue weighted by Crippen LogP contribution is 2.17. The van der Waals surface area contributed by atoms with Gasteiger partial charge in [0.05, 0.1) is 0 Å². The first-order chi connectivity index (χ1) is 12.2. The molecule has 3 aromatic rings. The maximum atomic E-state index is 12.0. The molecular formula is C20H19N2O3+. The molecule has 1 amide bonds. The Bertz CT molecular complexity index is 833. The summed E-state index contributed by atoms with van der Waals surface area (Å²) in [7, 11) is 0. The second kappa shape index (κ2) is 7.97. The van der Waals surface area contributed by atoms with E-state index in [1.165, 1.54) is 6.20 Å². The second-order valence-electron chi connectivity index (χ2n) is 5.58. The zero-order valence-electron chi connectivity index (χ0n) is 13.6. The van der Waals surface area contributed by atoms with Crippen LogP contribution in [0.1, 0.15) is 5.56 Å². The Morgan fingerprint density at radius 3 is 2.48 bits per heavy atom. The van der Waals surface area contributed by atoms with Gasteiger partial charge in [0.25, 0.3) is 5.91 Å². The highest BCUT2D eigenvalue weighted by Gasteiger charge is 2.10. The van der Waals surface area contributed by atoms with Crippen LogP contribution in [0.15, 0.2) is 79.1 Å². The number of anilines is 1. The van der Waals surface area contributed by atoms with E-state index in [1.807, 2.05) is 42.5 Å². The molecule has 0 saturated heterocycles. The molecule has 0 saturated carbocycles. The summed E-state index contributed by atoms with van der Waals surface area (Å²) in [6, 6.07) is 20.4. The van der Waals surface area contributed by atoms with Gasteiger partial charge in [-0.15, -0.1) is 0 Å². The number of ether oxygens (including phenoxy) is 1. The normalized spacial score (nSPS) is 10.2. The van der Waals surface area contributed by atoms with Crippen molar-refractivity contribution in [3.05, 3.63) is 84.7 Å². The van der Waals surface area contributed by atoms with Crippen molar-refractivity contribution in [1.29, 1.82) is 0 Å². The fraction of sp³-hybridized carbons (Fsp3) is 0.100. The van der Waals surface area contributed by atoms with Crippen molar-refractivity contribution in [2.75, 3.05) is 5.32 Å². The first-order valence-corrected chi connectivity index (χ1v) is 7.94. The minimum absolute atomic E-state index is 0.121. The Labute approximate surface area is 146 Å². The average Bonchev–Trinajstić information content (AvgIpc) is 2.62. The molecule has 0 unspecified atom stereocenters. The molecular weight excluding hydrogens is 316 g/mol. The molecule has 0 bridgehead atoms. The SMILES string of the molecule is O=C(C[n+]1cccc(O)c1)Nc1ccc(OCc2ccccc2)cc1. The molecule has 0 aliphatic rings. The number of nitrogens with one attached hydrogen (secondary N) is 1. The molecule has 0 radical (unpaired) electrons. The zero-order valence-corrected chi connectivity index (χ0v) is 13.6. The van der Waals surface area contributed by atoms with Gasteiger partial charge in [0.1, 0.15) is 12.4 Å². The lowest BCUT2D eigenvalue weighted by atomic mass is 10.2. The van der Waals surface area contributed by atoms with Crippen LogP contribution >= 0.6 is 0 Å². The van der Waals surface area contributed by atoms with Crippen molar-refractivity contribution in [3.63, 3.8) is 0 Å². The lowest BCUT2D eigenvalue weighted by Gasteiger charge is -2.08. The van der Waals surface area contributed by atoms with Crippen LogP contribution in [0.5, 0.6) is 11.5 Å². The first kappa shape index (κ1) is 16.5. The minimum Gasteiger partial charge on any atom is -0.503 e. The summed E-state index contributed by atoms with van der Waals surface area (Å²) < 4.78 is 7.33. The maximum Gasteiger partial charge on any atom is 0.290 e. The van der Waals surface area contributed by atoms with E-state index in [0.717, 1.165) is 11.3 Å². The van der Waals surface area contributed by atoms with E-state index >= 15 is 0 Å². The van der Waals surface area contributed by atoms with E-state index < -0.39 is 0 Å². The van der Waals surface area contributed by atoms with E-state index in [9.17, 15) is 9.90 Å². The Morgan fingerprint density at radius 2 is 1.76 bits per heavy atom. The number of hydrogen-bond acceptors (Lipinski definition) is 3. The molecule has 3 rings (SSSR count). The summed E-state index contributed by atoms with van der Waals surface area (Å²) in [5.74, 6) is 0.688. The molecule has 2 aromatic carbocycles.